The summed E-state index contributed by atoms with van der Waals surface area (Å²) in [6.45, 7) is 4.08. The van der Waals surface area contributed by atoms with Crippen molar-refractivity contribution in [2.45, 2.75) is 26.8 Å². The number of anilines is 1. The van der Waals surface area contributed by atoms with Crippen LogP contribution in [0.4, 0.5) is 10.1 Å². The Labute approximate surface area is 141 Å². The number of nitrogens with zero attached hydrogens (tertiary/aromatic N) is 1. The summed E-state index contributed by atoms with van der Waals surface area (Å²) in [6.07, 6.45) is 0.203. The van der Waals surface area contributed by atoms with Crippen molar-refractivity contribution in [2.75, 3.05) is 11.9 Å². The molecule has 0 unspecified atom stereocenters. The second kappa shape index (κ2) is 8.24. The molecular formula is C19H21FN2O2. The van der Waals surface area contributed by atoms with Crippen LogP contribution in [-0.4, -0.2) is 23.3 Å². The largest absolute Gasteiger partial charge is 0.338 e. The Bertz CT molecular complexity index is 714. The van der Waals surface area contributed by atoms with Crippen molar-refractivity contribution in [3.63, 3.8) is 0 Å². The van der Waals surface area contributed by atoms with Crippen molar-refractivity contribution < 1.29 is 14.0 Å². The normalized spacial score (nSPS) is 10.3. The Morgan fingerprint density at radius 2 is 1.83 bits per heavy atom. The van der Waals surface area contributed by atoms with Crippen molar-refractivity contribution in [2.24, 2.45) is 0 Å². The summed E-state index contributed by atoms with van der Waals surface area (Å²) in [5.41, 5.74) is 2.63. The molecule has 0 aliphatic rings. The van der Waals surface area contributed by atoms with Crippen LogP contribution in [0.1, 0.15) is 24.5 Å². The molecule has 24 heavy (non-hydrogen) atoms. The number of hydrogen-bond donors (Lipinski definition) is 1. The first-order valence-corrected chi connectivity index (χ1v) is 7.80. The molecule has 0 heterocycles. The van der Waals surface area contributed by atoms with Gasteiger partial charge in [-0.1, -0.05) is 24.3 Å². The number of aryl methyl sites for hydroxylation is 1. The fraction of sp³-hybridized carbons (Fsp3) is 0.263. The highest BCUT2D eigenvalue weighted by atomic mass is 19.1. The third kappa shape index (κ3) is 5.50. The van der Waals surface area contributed by atoms with Gasteiger partial charge in [0.25, 0.3) is 0 Å². The van der Waals surface area contributed by atoms with Crippen LogP contribution >= 0.6 is 0 Å². The molecule has 2 amide bonds. The van der Waals surface area contributed by atoms with Gasteiger partial charge in [-0.25, -0.2) is 4.39 Å². The monoisotopic (exact) mass is 328 g/mol. The Morgan fingerprint density at radius 3 is 2.46 bits per heavy atom. The molecule has 0 radical (unpaired) electrons. The predicted molar refractivity (Wildman–Crippen MR) is 91.9 cm³/mol. The van der Waals surface area contributed by atoms with E-state index in [4.69, 9.17) is 0 Å². The fourth-order valence-electron chi connectivity index (χ4n) is 2.34. The lowest BCUT2D eigenvalue weighted by molar-refractivity contribution is -0.129. The van der Waals surface area contributed by atoms with Crippen LogP contribution in [-0.2, 0) is 16.1 Å². The van der Waals surface area contributed by atoms with Gasteiger partial charge in [0.2, 0.25) is 11.8 Å². The standard InChI is InChI=1S/C19H21FN2O2/c1-14-4-3-5-18(12-14)21-19(24)10-11-22(15(2)23)13-16-6-8-17(20)9-7-16/h3-9,12H,10-11,13H2,1-2H3,(H,21,24). The summed E-state index contributed by atoms with van der Waals surface area (Å²) in [5.74, 6) is -0.584. The van der Waals surface area contributed by atoms with Gasteiger partial charge in [0.05, 0.1) is 0 Å². The van der Waals surface area contributed by atoms with Crippen LogP contribution in [0, 0.1) is 12.7 Å². The van der Waals surface area contributed by atoms with Crippen LogP contribution in [0.3, 0.4) is 0 Å². The van der Waals surface area contributed by atoms with Crippen molar-refractivity contribution in [3.05, 3.63) is 65.5 Å². The van der Waals surface area contributed by atoms with Crippen LogP contribution in [0.15, 0.2) is 48.5 Å². The van der Waals surface area contributed by atoms with Gasteiger partial charge in [-0.3, -0.25) is 9.59 Å². The Balaban J connectivity index is 1.90. The molecule has 2 rings (SSSR count). The molecule has 2 aromatic rings. The first-order chi connectivity index (χ1) is 11.4. The Hall–Kier alpha value is -2.69. The summed E-state index contributed by atoms with van der Waals surface area (Å²) < 4.78 is 12.9. The average Bonchev–Trinajstić information content (AvgIpc) is 2.53. The Morgan fingerprint density at radius 1 is 1.12 bits per heavy atom. The summed E-state index contributed by atoms with van der Waals surface area (Å²) >= 11 is 0. The van der Waals surface area contributed by atoms with Crippen molar-refractivity contribution in [3.8, 4) is 0 Å². The zero-order valence-electron chi connectivity index (χ0n) is 13.9. The molecule has 0 saturated heterocycles. The van der Waals surface area contributed by atoms with Gasteiger partial charge in [0.1, 0.15) is 5.82 Å². The summed E-state index contributed by atoms with van der Waals surface area (Å²) in [4.78, 5) is 25.4. The van der Waals surface area contributed by atoms with Crippen LogP contribution in [0.25, 0.3) is 0 Å². The van der Waals surface area contributed by atoms with E-state index in [9.17, 15) is 14.0 Å². The van der Waals surface area contributed by atoms with Crippen LogP contribution in [0.5, 0.6) is 0 Å². The molecule has 0 saturated carbocycles. The molecule has 5 heteroatoms. The van der Waals surface area contributed by atoms with Gasteiger partial charge in [-0.2, -0.15) is 0 Å². The summed E-state index contributed by atoms with van der Waals surface area (Å²) in [7, 11) is 0. The van der Waals surface area contributed by atoms with Gasteiger partial charge < -0.3 is 10.2 Å². The second-order valence-corrected chi connectivity index (χ2v) is 5.73. The highest BCUT2D eigenvalue weighted by Crippen LogP contribution is 2.11. The molecule has 2 aromatic carbocycles. The quantitative estimate of drug-likeness (QED) is 0.882. The fourth-order valence-corrected chi connectivity index (χ4v) is 2.34. The number of hydrogen-bond acceptors (Lipinski definition) is 2. The zero-order valence-corrected chi connectivity index (χ0v) is 13.9. The summed E-state index contributed by atoms with van der Waals surface area (Å²) in [5, 5.41) is 2.82. The van der Waals surface area contributed by atoms with Gasteiger partial charge in [-0.15, -0.1) is 0 Å². The molecule has 1 N–H and O–H groups in total. The zero-order chi connectivity index (χ0) is 17.5. The minimum absolute atomic E-state index is 0.123. The van der Waals surface area contributed by atoms with E-state index in [0.29, 0.717) is 13.1 Å². The molecule has 0 bridgehead atoms. The minimum atomic E-state index is -0.314. The van der Waals surface area contributed by atoms with Crippen molar-refractivity contribution in [1.82, 2.24) is 4.90 Å². The lowest BCUT2D eigenvalue weighted by Crippen LogP contribution is -2.31. The summed E-state index contributed by atoms with van der Waals surface area (Å²) in [6, 6.07) is 13.5. The van der Waals surface area contributed by atoms with Gasteiger partial charge in [-0.05, 0) is 42.3 Å². The molecule has 0 aromatic heterocycles. The maximum atomic E-state index is 12.9. The number of halogens is 1. The Kier molecular flexibility index (Phi) is 6.07. The smallest absolute Gasteiger partial charge is 0.226 e. The SMILES string of the molecule is CC(=O)N(CCC(=O)Nc1cccc(C)c1)Cc1ccc(F)cc1. The van der Waals surface area contributed by atoms with Crippen molar-refractivity contribution >= 4 is 17.5 Å². The molecule has 4 nitrogen and oxygen atoms in total. The maximum Gasteiger partial charge on any atom is 0.226 e. The predicted octanol–water partition coefficient (Wildman–Crippen LogP) is 3.51. The van der Waals surface area contributed by atoms with Gasteiger partial charge in [0.15, 0.2) is 0 Å². The van der Waals surface area contributed by atoms with E-state index >= 15 is 0 Å². The molecule has 0 aliphatic carbocycles. The number of carbonyl (C=O) groups is 2. The second-order valence-electron chi connectivity index (χ2n) is 5.73. The van der Waals surface area contributed by atoms with Crippen LogP contribution < -0.4 is 5.32 Å². The van der Waals surface area contributed by atoms with Crippen molar-refractivity contribution in [1.29, 1.82) is 0 Å². The van der Waals surface area contributed by atoms with E-state index in [1.807, 2.05) is 31.2 Å². The minimum Gasteiger partial charge on any atom is -0.338 e. The number of rotatable bonds is 6. The van der Waals surface area contributed by atoms with Gasteiger partial charge in [0, 0.05) is 32.1 Å². The number of amides is 2. The van der Waals surface area contributed by atoms with Gasteiger partial charge >= 0.3 is 0 Å². The molecule has 0 fully saturated rings. The van der Waals surface area contributed by atoms with E-state index in [-0.39, 0.29) is 24.1 Å². The number of carbonyl (C=O) groups excluding carboxylic acids is 2. The topological polar surface area (TPSA) is 49.4 Å². The third-order valence-corrected chi connectivity index (χ3v) is 3.64. The number of benzene rings is 2. The lowest BCUT2D eigenvalue weighted by Gasteiger charge is -2.21. The van der Waals surface area contributed by atoms with Crippen LogP contribution in [0.2, 0.25) is 0 Å². The highest BCUT2D eigenvalue weighted by Gasteiger charge is 2.12. The lowest BCUT2D eigenvalue weighted by atomic mass is 10.2. The molecule has 0 aliphatic heterocycles. The van der Waals surface area contributed by atoms with E-state index in [2.05, 4.69) is 5.32 Å². The molecule has 126 valence electrons. The molecular weight excluding hydrogens is 307 g/mol. The van der Waals surface area contributed by atoms with E-state index in [1.54, 1.807) is 17.0 Å². The highest BCUT2D eigenvalue weighted by molar-refractivity contribution is 5.91. The van der Waals surface area contributed by atoms with E-state index in [0.717, 1.165) is 16.8 Å². The maximum absolute atomic E-state index is 12.9. The molecule has 0 spiro atoms. The average molecular weight is 328 g/mol. The van der Waals surface area contributed by atoms with E-state index < -0.39 is 0 Å². The molecule has 0 atom stereocenters. The first kappa shape index (κ1) is 17.7. The first-order valence-electron chi connectivity index (χ1n) is 7.80. The number of nitrogens with one attached hydrogen (secondary N) is 1. The third-order valence-electron chi connectivity index (χ3n) is 3.64. The van der Waals surface area contributed by atoms with E-state index in [1.165, 1.54) is 19.1 Å².